The van der Waals surface area contributed by atoms with Gasteiger partial charge in [-0.2, -0.15) is 21.6 Å². The number of aryl methyl sites for hydroxylation is 1. The highest BCUT2D eigenvalue weighted by atomic mass is 32.2. The summed E-state index contributed by atoms with van der Waals surface area (Å²) in [7, 11) is -12.5. The lowest BCUT2D eigenvalue weighted by Gasteiger charge is -2.38. The molecule has 1 amide bonds. The Balaban J connectivity index is 0.00000391. The molecule has 6 nitrogen and oxygen atoms in total. The summed E-state index contributed by atoms with van der Waals surface area (Å²) in [5, 5.41) is 3.03. The van der Waals surface area contributed by atoms with E-state index in [2.05, 4.69) is 77.0 Å². The maximum absolute atomic E-state index is 16.5. The number of amides is 1. The summed E-state index contributed by atoms with van der Waals surface area (Å²) in [6, 6.07) is 37.3. The number of carbonyl (C=O) groups is 2. The van der Waals surface area contributed by atoms with Gasteiger partial charge in [-0.15, -0.1) is 0 Å². The highest BCUT2D eigenvalue weighted by Crippen LogP contribution is 2.56. The number of carbonyl (C=O) groups excluding carboxylic acids is 2. The molecule has 5 aromatic rings. The monoisotopic (exact) mass is 1010 g/mol. The molecule has 0 spiro atoms. The molecule has 2 aliphatic heterocycles. The van der Waals surface area contributed by atoms with Crippen LogP contribution in [0, 0.1) is 24.5 Å². The number of halogens is 7. The zero-order chi connectivity index (χ0) is 48.1. The lowest BCUT2D eigenvalue weighted by atomic mass is 9.86. The van der Waals surface area contributed by atoms with E-state index < -0.39 is 76.2 Å². The molecular formula is C53H54F7NO5PSSi+. The van der Waals surface area contributed by atoms with Crippen LogP contribution in [0.25, 0.3) is 5.57 Å². The molecule has 1 fully saturated rings. The zero-order valence-electron chi connectivity index (χ0n) is 36.8. The van der Waals surface area contributed by atoms with Crippen LogP contribution in [0.1, 0.15) is 74.0 Å². The number of hydrogen-bond acceptors (Lipinski definition) is 5. The van der Waals surface area contributed by atoms with Gasteiger partial charge in [-0.05, 0) is 137 Å². The fourth-order valence-corrected chi connectivity index (χ4v) is 18.2. The van der Waals surface area contributed by atoms with Crippen LogP contribution in [0.4, 0.5) is 30.7 Å². The normalized spacial score (nSPS) is 16.2. The number of nitrogens with zero attached hydrogens (tertiary/aromatic N) is 1. The predicted molar refractivity (Wildman–Crippen MR) is 265 cm³/mol. The first-order chi connectivity index (χ1) is 31.8. The van der Waals surface area contributed by atoms with Crippen LogP contribution in [-0.4, -0.2) is 57.8 Å². The SMILES string of the molecule is C.C.Cc1cc(C(=O)N2CCC(CCCC[P+](c3ccccc3)(c3ccccc3)c3ccccc3)CC2)ccc1C1=C2C=C(F)C(=O)C(F)=C2[Si](C)(C)c2c1cc(F)c(OS(=O)(=O)C(F)(F)F)c2F. The Morgan fingerprint density at radius 2 is 1.32 bits per heavy atom. The van der Waals surface area contributed by atoms with E-state index >= 15 is 17.6 Å². The summed E-state index contributed by atoms with van der Waals surface area (Å²) >= 11 is 0. The standard InChI is InChI=1S/C51H46F7NO5PSSi.2CH4/c1-32-29-34(50(61)59-26-24-33(25-27-59)15-13-14-28-65(35-16-7-4-8-17-35,36-18-9-5-10-19-36)37-20-11-6-12-21-37)22-23-38(32)43-39-30-41(52)46(60)44(54)48(39)67(2,3)49-40(43)31-42(53)47(45(49)55)64-66(62,63)51(56,57)58;;/h4-12,16-23,29-31,33H,13-15,24-28H2,1-3H3;2*1H4/q+1;;. The molecule has 2 heterocycles. The number of benzene rings is 5. The van der Waals surface area contributed by atoms with Crippen molar-refractivity contribution in [3.05, 3.63) is 178 Å². The molecule has 0 aromatic heterocycles. The van der Waals surface area contributed by atoms with E-state index in [1.54, 1.807) is 11.8 Å². The van der Waals surface area contributed by atoms with Crippen molar-refractivity contribution in [2.45, 2.75) is 72.5 Å². The number of allylic oxidation sites excluding steroid dienone is 5. The Labute approximate surface area is 401 Å². The first-order valence-electron chi connectivity index (χ1n) is 21.8. The van der Waals surface area contributed by atoms with Gasteiger partial charge in [0.15, 0.2) is 23.3 Å². The van der Waals surface area contributed by atoms with Crippen molar-refractivity contribution in [1.82, 2.24) is 4.90 Å². The summed E-state index contributed by atoms with van der Waals surface area (Å²) in [6.07, 6.45) is 6.43. The summed E-state index contributed by atoms with van der Waals surface area (Å²) in [6.45, 7) is 5.21. The van der Waals surface area contributed by atoms with Crippen molar-refractivity contribution < 1.29 is 52.9 Å². The number of fused-ring (bicyclic) bond motifs is 2. The molecule has 0 bridgehead atoms. The Morgan fingerprint density at radius 3 is 1.83 bits per heavy atom. The molecule has 8 rings (SSSR count). The first kappa shape index (κ1) is 52.7. The van der Waals surface area contributed by atoms with Gasteiger partial charge in [0.2, 0.25) is 11.5 Å². The third-order valence-corrected chi connectivity index (χ3v) is 22.2. The minimum atomic E-state index is -6.56. The Morgan fingerprint density at radius 1 is 0.783 bits per heavy atom. The number of likely N-dealkylation sites (tertiary alicyclic amines) is 1. The number of unbranched alkanes of at least 4 members (excludes halogenated alkanes) is 1. The van der Waals surface area contributed by atoms with Gasteiger partial charge in [-0.3, -0.25) is 9.59 Å². The fourth-order valence-electron chi connectivity index (χ4n) is 9.96. The molecule has 0 radical (unpaired) electrons. The number of rotatable bonds is 12. The molecule has 364 valence electrons. The molecule has 3 aliphatic rings. The number of hydrogen-bond donors (Lipinski definition) is 0. The quantitative estimate of drug-likeness (QED) is 0.0311. The lowest BCUT2D eigenvalue weighted by molar-refractivity contribution is -0.115. The molecule has 5 aromatic carbocycles. The van der Waals surface area contributed by atoms with Gasteiger partial charge in [-0.1, -0.05) is 95.0 Å². The zero-order valence-corrected chi connectivity index (χ0v) is 39.5. The third-order valence-electron chi connectivity index (χ3n) is 13.2. The number of piperidine rings is 1. The summed E-state index contributed by atoms with van der Waals surface area (Å²) in [5.41, 5.74) is -6.01. The molecule has 0 N–H and O–H groups in total. The number of ketones is 1. The van der Waals surface area contributed by atoms with Crippen LogP contribution in [0.2, 0.25) is 13.1 Å². The van der Waals surface area contributed by atoms with Gasteiger partial charge in [0.25, 0.3) is 5.91 Å². The first-order valence-corrected chi connectivity index (χ1v) is 28.2. The lowest BCUT2D eigenvalue weighted by Crippen LogP contribution is -2.52. The highest BCUT2D eigenvalue weighted by molar-refractivity contribution is 7.95. The Kier molecular flexibility index (Phi) is 15.6. The molecule has 69 heavy (non-hydrogen) atoms. The van der Waals surface area contributed by atoms with Crippen LogP contribution in [0.3, 0.4) is 0 Å². The van der Waals surface area contributed by atoms with Gasteiger partial charge in [0.1, 0.15) is 31.2 Å². The van der Waals surface area contributed by atoms with Crippen LogP contribution < -0.4 is 25.3 Å². The average molecular weight is 1010 g/mol. The Bertz CT molecular complexity index is 2870. The second-order valence-corrected chi connectivity index (χ2v) is 27.0. The fraction of sp³-hybridized carbons (Fsp3) is 0.283. The number of Topliss-reactive ketones (excluding diaryl/α,β-unsaturated/α-hetero) is 1. The minimum Gasteiger partial charge on any atom is -0.370 e. The van der Waals surface area contributed by atoms with Gasteiger partial charge < -0.3 is 9.08 Å². The average Bonchev–Trinajstić information content (AvgIpc) is 3.30. The van der Waals surface area contributed by atoms with Gasteiger partial charge in [0, 0.05) is 18.7 Å². The van der Waals surface area contributed by atoms with E-state index in [-0.39, 0.29) is 48.6 Å². The highest BCUT2D eigenvalue weighted by Gasteiger charge is 2.52. The van der Waals surface area contributed by atoms with E-state index in [1.807, 2.05) is 18.2 Å². The maximum atomic E-state index is 16.5. The summed E-state index contributed by atoms with van der Waals surface area (Å²) in [5.74, 6) is -10.1. The van der Waals surface area contributed by atoms with E-state index in [9.17, 15) is 31.2 Å². The van der Waals surface area contributed by atoms with Crippen molar-refractivity contribution in [3.63, 3.8) is 0 Å². The van der Waals surface area contributed by atoms with Crippen molar-refractivity contribution in [2.75, 3.05) is 19.3 Å². The molecule has 1 aliphatic carbocycles. The molecule has 1 saturated heterocycles. The molecule has 0 unspecified atom stereocenters. The maximum Gasteiger partial charge on any atom is 0.534 e. The second kappa shape index (κ2) is 20.4. The Hall–Kier alpha value is -5.63. The second-order valence-electron chi connectivity index (χ2n) is 17.6. The molecule has 0 atom stereocenters. The largest absolute Gasteiger partial charge is 0.534 e. The summed E-state index contributed by atoms with van der Waals surface area (Å²) < 4.78 is 131. The van der Waals surface area contributed by atoms with Gasteiger partial charge in [-0.25, -0.2) is 17.6 Å². The van der Waals surface area contributed by atoms with Crippen molar-refractivity contribution in [3.8, 4) is 5.75 Å². The summed E-state index contributed by atoms with van der Waals surface area (Å²) in [4.78, 5) is 28.4. The van der Waals surface area contributed by atoms with E-state index in [0.717, 1.165) is 44.3 Å². The van der Waals surface area contributed by atoms with Crippen molar-refractivity contribution in [1.29, 1.82) is 0 Å². The molecule has 0 saturated carbocycles. The van der Waals surface area contributed by atoms with E-state index in [0.29, 0.717) is 30.6 Å². The van der Waals surface area contributed by atoms with Gasteiger partial charge >= 0.3 is 15.6 Å². The topological polar surface area (TPSA) is 80.8 Å². The van der Waals surface area contributed by atoms with Crippen LogP contribution in [0.5, 0.6) is 5.75 Å². The smallest absolute Gasteiger partial charge is 0.370 e. The third kappa shape index (κ3) is 9.66. The molecule has 16 heteroatoms. The van der Waals surface area contributed by atoms with Crippen molar-refractivity contribution in [2.24, 2.45) is 5.92 Å². The van der Waals surface area contributed by atoms with Crippen LogP contribution >= 0.6 is 7.26 Å². The van der Waals surface area contributed by atoms with Gasteiger partial charge in [0.05, 0.1) is 6.16 Å². The molecular weight excluding hydrogens is 955 g/mol. The van der Waals surface area contributed by atoms with Crippen LogP contribution in [0.15, 0.2) is 144 Å². The van der Waals surface area contributed by atoms with Crippen LogP contribution in [-0.2, 0) is 14.9 Å². The van der Waals surface area contributed by atoms with Crippen molar-refractivity contribution >= 4 is 63.8 Å². The predicted octanol–water partition coefficient (Wildman–Crippen LogP) is 11.7. The minimum absolute atomic E-state index is 0. The van der Waals surface area contributed by atoms with E-state index in [1.165, 1.54) is 47.2 Å². The number of alkyl halides is 3. The van der Waals surface area contributed by atoms with E-state index in [4.69, 9.17) is 0 Å².